The van der Waals surface area contributed by atoms with Gasteiger partial charge in [0.2, 0.25) is 10.0 Å². The Labute approximate surface area is 107 Å². The Hall–Kier alpha value is -0.950. The predicted octanol–water partition coefficient (Wildman–Crippen LogP) is 0.0967. The topological polar surface area (TPSA) is 86.6 Å². The van der Waals surface area contributed by atoms with Gasteiger partial charge in [-0.25, -0.2) is 13.1 Å². The summed E-state index contributed by atoms with van der Waals surface area (Å²) in [6.45, 7) is 0.148. The maximum Gasteiger partial charge on any atom is 0.240 e. The van der Waals surface area contributed by atoms with E-state index in [1.807, 2.05) is 0 Å². The van der Waals surface area contributed by atoms with Gasteiger partial charge in [0.25, 0.3) is 0 Å². The van der Waals surface area contributed by atoms with Crippen molar-refractivity contribution in [3.63, 3.8) is 0 Å². The number of rotatable bonds is 4. The van der Waals surface area contributed by atoms with Crippen LogP contribution in [0, 0.1) is 5.92 Å². The summed E-state index contributed by atoms with van der Waals surface area (Å²) in [5.41, 5.74) is 0. The van der Waals surface area contributed by atoms with Gasteiger partial charge in [-0.3, -0.25) is 0 Å². The van der Waals surface area contributed by atoms with Crippen LogP contribution in [0.25, 0.3) is 0 Å². The van der Waals surface area contributed by atoms with E-state index in [1.165, 1.54) is 12.1 Å². The molecular weight excluding hydrogens is 254 g/mol. The van der Waals surface area contributed by atoms with Gasteiger partial charge in [0.1, 0.15) is 0 Å². The number of aliphatic hydroxyl groups is 2. The van der Waals surface area contributed by atoms with Gasteiger partial charge in [-0.1, -0.05) is 18.2 Å². The van der Waals surface area contributed by atoms with Crippen LogP contribution in [0.15, 0.2) is 35.2 Å². The van der Waals surface area contributed by atoms with Crippen molar-refractivity contribution in [3.05, 3.63) is 30.3 Å². The predicted molar refractivity (Wildman–Crippen MR) is 66.4 cm³/mol. The first-order valence-electron chi connectivity index (χ1n) is 5.90. The molecule has 1 aromatic carbocycles. The van der Waals surface area contributed by atoms with Crippen LogP contribution >= 0.6 is 0 Å². The first-order chi connectivity index (χ1) is 8.49. The summed E-state index contributed by atoms with van der Waals surface area (Å²) in [5.74, 6) is -0.224. The second-order valence-electron chi connectivity index (χ2n) is 4.62. The zero-order valence-corrected chi connectivity index (χ0v) is 10.7. The third-order valence-electron chi connectivity index (χ3n) is 3.22. The van der Waals surface area contributed by atoms with E-state index in [9.17, 15) is 18.6 Å². The molecule has 0 bridgehead atoms. The lowest BCUT2D eigenvalue weighted by atomic mass is 10.1. The van der Waals surface area contributed by atoms with Crippen molar-refractivity contribution < 1.29 is 18.6 Å². The molecule has 0 radical (unpaired) electrons. The van der Waals surface area contributed by atoms with Crippen LogP contribution in [0.1, 0.15) is 12.8 Å². The molecular formula is C12H17NO4S. The van der Waals surface area contributed by atoms with E-state index in [-0.39, 0.29) is 17.4 Å². The van der Waals surface area contributed by atoms with Crippen LogP contribution in [0.4, 0.5) is 0 Å². The smallest absolute Gasteiger partial charge is 0.240 e. The summed E-state index contributed by atoms with van der Waals surface area (Å²) in [7, 11) is -3.53. The highest BCUT2D eigenvalue weighted by Gasteiger charge is 2.32. The van der Waals surface area contributed by atoms with Crippen LogP contribution in [0.2, 0.25) is 0 Å². The summed E-state index contributed by atoms with van der Waals surface area (Å²) < 4.78 is 26.3. The third-order valence-corrected chi connectivity index (χ3v) is 4.66. The van der Waals surface area contributed by atoms with Crippen molar-refractivity contribution in [1.82, 2.24) is 4.72 Å². The number of hydrogen-bond acceptors (Lipinski definition) is 4. The Morgan fingerprint density at radius 1 is 1.17 bits per heavy atom. The number of benzene rings is 1. The lowest BCUT2D eigenvalue weighted by Gasteiger charge is -2.14. The monoisotopic (exact) mass is 271 g/mol. The van der Waals surface area contributed by atoms with Gasteiger partial charge in [0.05, 0.1) is 17.1 Å². The molecule has 1 aliphatic carbocycles. The lowest BCUT2D eigenvalue weighted by molar-refractivity contribution is 0.121. The molecule has 18 heavy (non-hydrogen) atoms. The molecule has 0 amide bonds. The van der Waals surface area contributed by atoms with E-state index >= 15 is 0 Å². The Bertz CT molecular complexity index is 488. The Morgan fingerprint density at radius 2 is 1.83 bits per heavy atom. The maximum absolute atomic E-state index is 11.9. The third kappa shape index (κ3) is 3.08. The molecule has 6 heteroatoms. The first kappa shape index (κ1) is 13.5. The molecule has 1 fully saturated rings. The van der Waals surface area contributed by atoms with Crippen LogP contribution in [-0.2, 0) is 10.0 Å². The van der Waals surface area contributed by atoms with Crippen molar-refractivity contribution in [2.75, 3.05) is 6.54 Å². The molecule has 3 atom stereocenters. The summed E-state index contributed by atoms with van der Waals surface area (Å²) >= 11 is 0. The minimum atomic E-state index is -3.53. The van der Waals surface area contributed by atoms with Crippen LogP contribution in [-0.4, -0.2) is 37.4 Å². The number of sulfonamides is 1. The summed E-state index contributed by atoms with van der Waals surface area (Å²) in [4.78, 5) is 0.207. The molecule has 5 nitrogen and oxygen atoms in total. The maximum atomic E-state index is 11.9. The molecule has 2 rings (SSSR count). The molecule has 0 aromatic heterocycles. The van der Waals surface area contributed by atoms with Crippen molar-refractivity contribution in [2.24, 2.45) is 5.92 Å². The van der Waals surface area contributed by atoms with Crippen molar-refractivity contribution >= 4 is 10.0 Å². The first-order valence-corrected chi connectivity index (χ1v) is 7.38. The standard InChI is InChI=1S/C12H17NO4S/c14-10-6-9(12(15)7-10)8-13-18(16,17)11-4-2-1-3-5-11/h1-5,9-10,12-15H,6-8H2. The Kier molecular flexibility index (Phi) is 4.01. The second kappa shape index (κ2) is 5.36. The van der Waals surface area contributed by atoms with Gasteiger partial charge < -0.3 is 10.2 Å². The van der Waals surface area contributed by atoms with E-state index in [4.69, 9.17) is 0 Å². The molecule has 0 heterocycles. The quantitative estimate of drug-likeness (QED) is 0.724. The second-order valence-corrected chi connectivity index (χ2v) is 6.38. The van der Waals surface area contributed by atoms with E-state index < -0.39 is 22.2 Å². The molecule has 100 valence electrons. The van der Waals surface area contributed by atoms with Crippen LogP contribution in [0.5, 0.6) is 0 Å². The molecule has 3 N–H and O–H groups in total. The van der Waals surface area contributed by atoms with Crippen LogP contribution in [0.3, 0.4) is 0 Å². The Morgan fingerprint density at radius 3 is 2.39 bits per heavy atom. The van der Waals surface area contributed by atoms with Crippen molar-refractivity contribution in [1.29, 1.82) is 0 Å². The molecule has 1 aliphatic rings. The number of hydrogen-bond donors (Lipinski definition) is 3. The molecule has 0 aliphatic heterocycles. The highest BCUT2D eigenvalue weighted by atomic mass is 32.2. The zero-order chi connectivity index (χ0) is 13.2. The van der Waals surface area contributed by atoms with Gasteiger partial charge >= 0.3 is 0 Å². The minimum Gasteiger partial charge on any atom is -0.393 e. The normalized spacial score (nSPS) is 28.4. The molecule has 0 saturated heterocycles. The molecule has 3 unspecified atom stereocenters. The van der Waals surface area contributed by atoms with Gasteiger partial charge in [-0.05, 0) is 25.0 Å². The van der Waals surface area contributed by atoms with Gasteiger partial charge in [0.15, 0.2) is 0 Å². The number of nitrogens with one attached hydrogen (secondary N) is 1. The lowest BCUT2D eigenvalue weighted by Crippen LogP contribution is -2.32. The van der Waals surface area contributed by atoms with Crippen LogP contribution < -0.4 is 4.72 Å². The Balaban J connectivity index is 1.98. The number of aliphatic hydroxyl groups excluding tert-OH is 2. The fourth-order valence-electron chi connectivity index (χ4n) is 2.19. The van der Waals surface area contributed by atoms with E-state index in [0.717, 1.165) is 0 Å². The molecule has 0 spiro atoms. The fourth-order valence-corrected chi connectivity index (χ4v) is 3.31. The largest absolute Gasteiger partial charge is 0.393 e. The van der Waals surface area contributed by atoms with Crippen molar-refractivity contribution in [3.8, 4) is 0 Å². The average Bonchev–Trinajstić information content (AvgIpc) is 2.67. The fraction of sp³-hybridized carbons (Fsp3) is 0.500. The molecule has 1 saturated carbocycles. The highest BCUT2D eigenvalue weighted by molar-refractivity contribution is 7.89. The highest BCUT2D eigenvalue weighted by Crippen LogP contribution is 2.25. The van der Waals surface area contributed by atoms with Crippen molar-refractivity contribution in [2.45, 2.75) is 29.9 Å². The van der Waals surface area contributed by atoms with Gasteiger partial charge in [-0.2, -0.15) is 0 Å². The van der Waals surface area contributed by atoms with E-state index in [1.54, 1.807) is 18.2 Å². The van der Waals surface area contributed by atoms with Gasteiger partial charge in [0, 0.05) is 12.5 Å². The zero-order valence-electron chi connectivity index (χ0n) is 9.86. The summed E-state index contributed by atoms with van der Waals surface area (Å²) in [5, 5.41) is 19.0. The minimum absolute atomic E-state index is 0.148. The van der Waals surface area contributed by atoms with E-state index in [0.29, 0.717) is 12.8 Å². The molecule has 1 aromatic rings. The summed E-state index contributed by atoms with van der Waals surface area (Å²) in [6, 6.07) is 8.09. The van der Waals surface area contributed by atoms with Gasteiger partial charge in [-0.15, -0.1) is 0 Å². The summed E-state index contributed by atoms with van der Waals surface area (Å²) in [6.07, 6.45) is -0.430. The average molecular weight is 271 g/mol. The van der Waals surface area contributed by atoms with E-state index in [2.05, 4.69) is 4.72 Å². The SMILES string of the molecule is O=S(=O)(NCC1CC(O)CC1O)c1ccccc1.